The molecule has 1 heterocycles. The highest BCUT2D eigenvalue weighted by Gasteiger charge is 2.36. The second-order valence-electron chi connectivity index (χ2n) is 5.15. The van der Waals surface area contributed by atoms with Gasteiger partial charge in [-0.15, -0.1) is 0 Å². The number of aliphatic carboxylic acids is 1. The summed E-state index contributed by atoms with van der Waals surface area (Å²) in [5.41, 5.74) is -0.581. The SMILES string of the molecule is CC(C)(C)N(CC(=O)O)C(=O)[C@@H]1CCC(=O)N1. The number of rotatable bonds is 3. The van der Waals surface area contributed by atoms with Gasteiger partial charge in [0, 0.05) is 12.0 Å². The van der Waals surface area contributed by atoms with Crippen LogP contribution in [-0.4, -0.2) is 45.9 Å². The Morgan fingerprint density at radius 2 is 2.06 bits per heavy atom. The number of amides is 2. The van der Waals surface area contributed by atoms with Crippen LogP contribution in [0.25, 0.3) is 0 Å². The molecule has 0 aliphatic carbocycles. The van der Waals surface area contributed by atoms with Crippen LogP contribution in [0.4, 0.5) is 0 Å². The van der Waals surface area contributed by atoms with Gasteiger partial charge in [-0.05, 0) is 27.2 Å². The first-order chi connectivity index (χ1) is 7.71. The molecule has 96 valence electrons. The molecule has 1 aliphatic heterocycles. The van der Waals surface area contributed by atoms with E-state index in [0.717, 1.165) is 0 Å². The molecule has 0 spiro atoms. The average Bonchev–Trinajstić information content (AvgIpc) is 2.58. The number of nitrogens with zero attached hydrogens (tertiary/aromatic N) is 1. The van der Waals surface area contributed by atoms with E-state index in [-0.39, 0.29) is 18.4 Å². The first-order valence-electron chi connectivity index (χ1n) is 5.54. The Labute approximate surface area is 100.0 Å². The summed E-state index contributed by atoms with van der Waals surface area (Å²) in [7, 11) is 0. The monoisotopic (exact) mass is 242 g/mol. The summed E-state index contributed by atoms with van der Waals surface area (Å²) in [6.07, 6.45) is 0.755. The van der Waals surface area contributed by atoms with Crippen molar-refractivity contribution in [2.75, 3.05) is 6.54 Å². The van der Waals surface area contributed by atoms with E-state index in [4.69, 9.17) is 5.11 Å². The molecule has 1 fully saturated rings. The minimum atomic E-state index is -1.06. The minimum Gasteiger partial charge on any atom is -0.480 e. The van der Waals surface area contributed by atoms with Gasteiger partial charge in [0.2, 0.25) is 11.8 Å². The highest BCUT2D eigenvalue weighted by Crippen LogP contribution is 2.18. The molecule has 0 unspecified atom stereocenters. The number of carboxylic acids is 1. The van der Waals surface area contributed by atoms with E-state index < -0.39 is 17.6 Å². The molecule has 6 heteroatoms. The second-order valence-corrected chi connectivity index (χ2v) is 5.15. The Morgan fingerprint density at radius 1 is 1.47 bits per heavy atom. The molecular weight excluding hydrogens is 224 g/mol. The Kier molecular flexibility index (Phi) is 3.75. The number of hydrogen-bond donors (Lipinski definition) is 2. The van der Waals surface area contributed by atoms with Gasteiger partial charge in [-0.25, -0.2) is 0 Å². The van der Waals surface area contributed by atoms with Gasteiger partial charge in [-0.2, -0.15) is 0 Å². The van der Waals surface area contributed by atoms with Crippen molar-refractivity contribution < 1.29 is 19.5 Å². The van der Waals surface area contributed by atoms with Gasteiger partial charge >= 0.3 is 5.97 Å². The molecule has 0 aromatic rings. The van der Waals surface area contributed by atoms with Crippen LogP contribution in [0.3, 0.4) is 0 Å². The number of hydrogen-bond acceptors (Lipinski definition) is 3. The van der Waals surface area contributed by atoms with Crippen LogP contribution in [0.1, 0.15) is 33.6 Å². The summed E-state index contributed by atoms with van der Waals surface area (Å²) in [6, 6.07) is -0.582. The van der Waals surface area contributed by atoms with Gasteiger partial charge in [-0.1, -0.05) is 0 Å². The van der Waals surface area contributed by atoms with Crippen LogP contribution in [0.2, 0.25) is 0 Å². The van der Waals surface area contributed by atoms with Gasteiger partial charge in [0.15, 0.2) is 0 Å². The largest absolute Gasteiger partial charge is 0.480 e. The van der Waals surface area contributed by atoms with Gasteiger partial charge in [0.05, 0.1) is 0 Å². The van der Waals surface area contributed by atoms with Crippen LogP contribution in [-0.2, 0) is 14.4 Å². The summed E-state index contributed by atoms with van der Waals surface area (Å²) in [4.78, 5) is 35.2. The topological polar surface area (TPSA) is 86.7 Å². The quantitative estimate of drug-likeness (QED) is 0.728. The molecule has 2 amide bonds. The van der Waals surface area contributed by atoms with E-state index in [2.05, 4.69) is 5.32 Å². The third-order valence-corrected chi connectivity index (χ3v) is 2.66. The Morgan fingerprint density at radius 3 is 2.41 bits per heavy atom. The van der Waals surface area contributed by atoms with Gasteiger partial charge in [0.1, 0.15) is 12.6 Å². The fraction of sp³-hybridized carbons (Fsp3) is 0.727. The van der Waals surface area contributed by atoms with Gasteiger partial charge in [0.25, 0.3) is 0 Å². The maximum Gasteiger partial charge on any atom is 0.323 e. The van der Waals surface area contributed by atoms with Crippen molar-refractivity contribution in [1.82, 2.24) is 10.2 Å². The van der Waals surface area contributed by atoms with Crippen molar-refractivity contribution in [3.8, 4) is 0 Å². The van der Waals surface area contributed by atoms with Gasteiger partial charge < -0.3 is 15.3 Å². The minimum absolute atomic E-state index is 0.160. The summed E-state index contributed by atoms with van der Waals surface area (Å²) in [6.45, 7) is 4.95. The Bertz CT molecular complexity index is 346. The molecule has 1 aliphatic rings. The van der Waals surface area contributed by atoms with Crippen LogP contribution in [0, 0.1) is 0 Å². The Balaban J connectivity index is 2.79. The van der Waals surface area contributed by atoms with Crippen molar-refractivity contribution in [3.63, 3.8) is 0 Å². The first-order valence-corrected chi connectivity index (χ1v) is 5.54. The van der Waals surface area contributed by atoms with E-state index in [1.165, 1.54) is 4.90 Å². The molecule has 0 aromatic heterocycles. The fourth-order valence-corrected chi connectivity index (χ4v) is 1.77. The molecule has 17 heavy (non-hydrogen) atoms. The number of carboxylic acid groups (broad SMARTS) is 1. The zero-order chi connectivity index (χ0) is 13.2. The smallest absolute Gasteiger partial charge is 0.323 e. The maximum absolute atomic E-state index is 12.1. The number of nitrogens with one attached hydrogen (secondary N) is 1. The molecule has 1 atom stereocenters. The number of carbonyl (C=O) groups excluding carboxylic acids is 2. The Hall–Kier alpha value is -1.59. The maximum atomic E-state index is 12.1. The molecule has 6 nitrogen and oxygen atoms in total. The lowest BCUT2D eigenvalue weighted by molar-refractivity contribution is -0.149. The van der Waals surface area contributed by atoms with E-state index in [1.807, 2.05) is 0 Å². The van der Waals surface area contributed by atoms with Crippen molar-refractivity contribution in [1.29, 1.82) is 0 Å². The molecule has 0 aromatic carbocycles. The first kappa shape index (κ1) is 13.5. The van der Waals surface area contributed by atoms with Crippen LogP contribution in [0.15, 0.2) is 0 Å². The third kappa shape index (κ3) is 3.44. The lowest BCUT2D eigenvalue weighted by Gasteiger charge is -2.36. The molecule has 0 radical (unpaired) electrons. The van der Waals surface area contributed by atoms with E-state index in [1.54, 1.807) is 20.8 Å². The standard InChI is InChI=1S/C11H18N2O4/c1-11(2,3)13(6-9(15)16)10(17)7-4-5-8(14)12-7/h7H,4-6H2,1-3H3,(H,12,14)(H,15,16)/t7-/m0/s1. The molecule has 0 bridgehead atoms. The van der Waals surface area contributed by atoms with Crippen LogP contribution in [0.5, 0.6) is 0 Å². The highest BCUT2D eigenvalue weighted by atomic mass is 16.4. The van der Waals surface area contributed by atoms with E-state index in [0.29, 0.717) is 12.8 Å². The number of carbonyl (C=O) groups is 3. The highest BCUT2D eigenvalue weighted by molar-refractivity contribution is 5.92. The fourth-order valence-electron chi connectivity index (χ4n) is 1.77. The predicted octanol–water partition coefficient (Wildman–Crippen LogP) is -0.0233. The molecule has 2 N–H and O–H groups in total. The van der Waals surface area contributed by atoms with Crippen LogP contribution >= 0.6 is 0 Å². The summed E-state index contributed by atoms with van der Waals surface area (Å²) in [5, 5.41) is 11.4. The van der Waals surface area contributed by atoms with Gasteiger partial charge in [-0.3, -0.25) is 14.4 Å². The van der Waals surface area contributed by atoms with Crippen molar-refractivity contribution in [2.45, 2.75) is 45.2 Å². The summed E-state index contributed by atoms with van der Waals surface area (Å²) < 4.78 is 0. The average molecular weight is 242 g/mol. The molecular formula is C11H18N2O4. The van der Waals surface area contributed by atoms with Crippen molar-refractivity contribution in [3.05, 3.63) is 0 Å². The zero-order valence-electron chi connectivity index (χ0n) is 10.3. The second kappa shape index (κ2) is 4.73. The zero-order valence-corrected chi connectivity index (χ0v) is 10.3. The lowest BCUT2D eigenvalue weighted by Crippen LogP contribution is -2.54. The van der Waals surface area contributed by atoms with E-state index in [9.17, 15) is 14.4 Å². The molecule has 1 saturated heterocycles. The van der Waals surface area contributed by atoms with Crippen molar-refractivity contribution in [2.24, 2.45) is 0 Å². The molecule has 1 rings (SSSR count). The summed E-state index contributed by atoms with van der Waals surface area (Å²) >= 11 is 0. The van der Waals surface area contributed by atoms with E-state index >= 15 is 0 Å². The lowest BCUT2D eigenvalue weighted by atomic mass is 10.0. The van der Waals surface area contributed by atoms with Crippen molar-refractivity contribution >= 4 is 17.8 Å². The van der Waals surface area contributed by atoms with Crippen LogP contribution < -0.4 is 5.32 Å². The normalized spacial score (nSPS) is 19.9. The third-order valence-electron chi connectivity index (χ3n) is 2.66. The predicted molar refractivity (Wildman–Crippen MR) is 60.3 cm³/mol. The molecule has 0 saturated carbocycles. The summed E-state index contributed by atoms with van der Waals surface area (Å²) in [5.74, 6) is -1.55.